The molecule has 5 saturated carbocycles. The third kappa shape index (κ3) is 4.02. The zero-order valence-electron chi connectivity index (χ0n) is 20.5. The van der Waals surface area contributed by atoms with Crippen molar-refractivity contribution in [3.63, 3.8) is 0 Å². The number of aliphatic hydroxyl groups is 2. The molecule has 0 bridgehead atoms. The molecule has 0 aliphatic heterocycles. The van der Waals surface area contributed by atoms with Crippen molar-refractivity contribution in [2.24, 2.45) is 40.4 Å². The van der Waals surface area contributed by atoms with E-state index in [0.29, 0.717) is 10.8 Å². The summed E-state index contributed by atoms with van der Waals surface area (Å²) in [4.78, 5) is 0. The van der Waals surface area contributed by atoms with E-state index in [-0.39, 0.29) is 11.7 Å². The molecule has 0 aromatic heterocycles. The smallest absolute Gasteiger partial charge is 0.0650 e. The number of rotatable bonds is 5. The maximum atomic E-state index is 10.2. The zero-order chi connectivity index (χ0) is 21.6. The fraction of sp³-hybridized carbons (Fsp3) is 1.00. The van der Waals surface area contributed by atoms with Crippen LogP contribution >= 0.6 is 0 Å². The summed E-state index contributed by atoms with van der Waals surface area (Å²) in [6.45, 7) is 9.27. The normalized spacial score (nSPS) is 48.6. The van der Waals surface area contributed by atoms with Crippen molar-refractivity contribution >= 4 is 0 Å². The molecule has 5 aliphatic rings. The molecule has 0 amide bonds. The molecule has 0 spiro atoms. The van der Waals surface area contributed by atoms with Crippen LogP contribution in [0.3, 0.4) is 0 Å². The highest BCUT2D eigenvalue weighted by Crippen LogP contribution is 2.67. The minimum atomic E-state index is -0.248. The van der Waals surface area contributed by atoms with Gasteiger partial charge in [0, 0.05) is 0 Å². The molecule has 5 rings (SSSR count). The summed E-state index contributed by atoms with van der Waals surface area (Å²) in [7, 11) is 0. The molecule has 2 nitrogen and oxygen atoms in total. The molecule has 5 fully saturated rings. The molecule has 0 aromatic carbocycles. The Balaban J connectivity index is 0.00000106. The second-order valence-corrected chi connectivity index (χ2v) is 12.4. The molecule has 8 atom stereocenters. The van der Waals surface area contributed by atoms with Crippen molar-refractivity contribution in [3.8, 4) is 0 Å². The molecule has 174 valence electrons. The van der Waals surface area contributed by atoms with Crippen molar-refractivity contribution in [2.75, 3.05) is 0 Å². The average Bonchev–Trinajstić information content (AvgIpc) is 3.37. The van der Waals surface area contributed by atoms with Crippen LogP contribution in [0, 0.1) is 40.4 Å². The highest BCUT2D eigenvalue weighted by atomic mass is 16.3. The Kier molecular flexibility index (Phi) is 6.69. The third-order valence-electron chi connectivity index (χ3n) is 11.1. The van der Waals surface area contributed by atoms with Gasteiger partial charge in [0.25, 0.3) is 0 Å². The lowest BCUT2D eigenvalue weighted by molar-refractivity contribution is -0.127. The second kappa shape index (κ2) is 8.69. The van der Waals surface area contributed by atoms with Crippen molar-refractivity contribution in [3.05, 3.63) is 0 Å². The minimum Gasteiger partial charge on any atom is -0.393 e. The summed E-state index contributed by atoms with van der Waals surface area (Å²) in [5.41, 5.74) is 0.859. The average molecular weight is 419 g/mol. The first-order chi connectivity index (χ1) is 14.3. The summed E-state index contributed by atoms with van der Waals surface area (Å²) in [5.74, 6) is 4.58. The van der Waals surface area contributed by atoms with Crippen LogP contribution in [0.1, 0.15) is 124 Å². The van der Waals surface area contributed by atoms with Gasteiger partial charge in [0.1, 0.15) is 0 Å². The van der Waals surface area contributed by atoms with Gasteiger partial charge in [-0.25, -0.2) is 0 Å². The lowest BCUT2D eigenvalue weighted by Gasteiger charge is -2.61. The molecule has 0 saturated heterocycles. The van der Waals surface area contributed by atoms with Gasteiger partial charge < -0.3 is 10.2 Å². The fourth-order valence-corrected chi connectivity index (χ4v) is 9.06. The van der Waals surface area contributed by atoms with E-state index < -0.39 is 0 Å². The standard InChI is InChI=1S/C26H44O2.C2H6/c1-24-14-11-23-21(8-6-19-17-20(27)10-13-25(19,23)2)22(24)9-7-18(24)5-3-4-12-26(28)15-16-26;1-2/h18-23,27-28H,3-17H2,1-2H3;1-2H3/t18-,19?,20?,21-,22?,23?,24+,25?;/m0./s1. The SMILES string of the molecule is CC.CC12CCC(O)CC1CC[C@@H]1C2CC[C@@]2(C)C1CC[C@@H]2CCCCC1(O)CC1. The third-order valence-corrected chi connectivity index (χ3v) is 11.1. The van der Waals surface area contributed by atoms with Gasteiger partial charge in [-0.05, 0) is 124 Å². The van der Waals surface area contributed by atoms with Crippen molar-refractivity contribution in [1.82, 2.24) is 0 Å². The van der Waals surface area contributed by atoms with Crippen LogP contribution in [0.4, 0.5) is 0 Å². The monoisotopic (exact) mass is 418 g/mol. The Bertz CT molecular complexity index is 583. The van der Waals surface area contributed by atoms with Gasteiger partial charge >= 0.3 is 0 Å². The van der Waals surface area contributed by atoms with Gasteiger partial charge in [0.2, 0.25) is 0 Å². The highest BCUT2D eigenvalue weighted by Gasteiger charge is 2.59. The van der Waals surface area contributed by atoms with E-state index in [9.17, 15) is 10.2 Å². The lowest BCUT2D eigenvalue weighted by Crippen LogP contribution is -2.53. The van der Waals surface area contributed by atoms with Gasteiger partial charge in [0.05, 0.1) is 11.7 Å². The van der Waals surface area contributed by atoms with E-state index >= 15 is 0 Å². The van der Waals surface area contributed by atoms with E-state index in [1.807, 2.05) is 13.8 Å². The summed E-state index contributed by atoms with van der Waals surface area (Å²) in [5, 5.41) is 20.3. The second-order valence-electron chi connectivity index (χ2n) is 12.4. The number of unbranched alkanes of at least 4 members (excludes halogenated alkanes) is 1. The van der Waals surface area contributed by atoms with Gasteiger partial charge in [0.15, 0.2) is 0 Å². The summed E-state index contributed by atoms with van der Waals surface area (Å²) in [6.07, 6.45) is 19.2. The molecule has 2 N–H and O–H groups in total. The highest BCUT2D eigenvalue weighted by molar-refractivity contribution is 5.09. The molecular formula is C28H50O2. The van der Waals surface area contributed by atoms with Crippen molar-refractivity contribution in [2.45, 2.75) is 136 Å². The fourth-order valence-electron chi connectivity index (χ4n) is 9.06. The number of hydrogen-bond donors (Lipinski definition) is 2. The van der Waals surface area contributed by atoms with E-state index in [2.05, 4.69) is 13.8 Å². The van der Waals surface area contributed by atoms with Crippen LogP contribution in [0.25, 0.3) is 0 Å². The van der Waals surface area contributed by atoms with E-state index in [4.69, 9.17) is 0 Å². The topological polar surface area (TPSA) is 40.5 Å². The summed E-state index contributed by atoms with van der Waals surface area (Å²) >= 11 is 0. The predicted octanol–water partition coefficient (Wildman–Crippen LogP) is 7.12. The van der Waals surface area contributed by atoms with Gasteiger partial charge in [-0.15, -0.1) is 0 Å². The quantitative estimate of drug-likeness (QED) is 0.467. The van der Waals surface area contributed by atoms with Crippen LogP contribution in [-0.2, 0) is 0 Å². The van der Waals surface area contributed by atoms with E-state index in [1.165, 1.54) is 64.2 Å². The summed E-state index contributed by atoms with van der Waals surface area (Å²) in [6, 6.07) is 0. The van der Waals surface area contributed by atoms with Gasteiger partial charge in [-0.1, -0.05) is 40.5 Å². The molecule has 2 heteroatoms. The van der Waals surface area contributed by atoms with Crippen molar-refractivity contribution in [1.29, 1.82) is 0 Å². The van der Waals surface area contributed by atoms with Crippen LogP contribution in [-0.4, -0.2) is 21.9 Å². The molecule has 5 aliphatic carbocycles. The number of fused-ring (bicyclic) bond motifs is 5. The molecule has 30 heavy (non-hydrogen) atoms. The van der Waals surface area contributed by atoms with Crippen molar-refractivity contribution < 1.29 is 10.2 Å². The first-order valence-electron chi connectivity index (χ1n) is 13.7. The largest absolute Gasteiger partial charge is 0.393 e. The van der Waals surface area contributed by atoms with E-state index in [0.717, 1.165) is 61.7 Å². The van der Waals surface area contributed by atoms with Gasteiger partial charge in [-0.3, -0.25) is 0 Å². The molecule has 5 unspecified atom stereocenters. The lowest BCUT2D eigenvalue weighted by atomic mass is 9.44. The Labute approximate surface area is 186 Å². The maximum Gasteiger partial charge on any atom is 0.0650 e. The van der Waals surface area contributed by atoms with Gasteiger partial charge in [-0.2, -0.15) is 0 Å². The van der Waals surface area contributed by atoms with E-state index in [1.54, 1.807) is 0 Å². The minimum absolute atomic E-state index is 0.0203. The Morgan fingerprint density at radius 3 is 2.20 bits per heavy atom. The predicted molar refractivity (Wildman–Crippen MR) is 125 cm³/mol. The Morgan fingerprint density at radius 1 is 0.767 bits per heavy atom. The Hall–Kier alpha value is -0.0800. The number of aliphatic hydroxyl groups excluding tert-OH is 1. The zero-order valence-corrected chi connectivity index (χ0v) is 20.5. The molecule has 0 aromatic rings. The maximum absolute atomic E-state index is 10.2. The first-order valence-corrected chi connectivity index (χ1v) is 13.7. The van der Waals surface area contributed by atoms with Crippen LogP contribution < -0.4 is 0 Å². The van der Waals surface area contributed by atoms with Crippen LogP contribution in [0.15, 0.2) is 0 Å². The molecule has 0 heterocycles. The Morgan fingerprint density at radius 2 is 1.47 bits per heavy atom. The molecule has 0 radical (unpaired) electrons. The first kappa shape index (κ1) is 23.1. The van der Waals surface area contributed by atoms with Crippen LogP contribution in [0.2, 0.25) is 0 Å². The molecular weight excluding hydrogens is 368 g/mol. The summed E-state index contributed by atoms with van der Waals surface area (Å²) < 4.78 is 0. The number of hydrogen-bond acceptors (Lipinski definition) is 2. The van der Waals surface area contributed by atoms with Crippen LogP contribution in [0.5, 0.6) is 0 Å².